The lowest BCUT2D eigenvalue weighted by Gasteiger charge is -2.37. The molecule has 4 heteroatoms. The molecule has 0 saturated carbocycles. The molecule has 4 nitrogen and oxygen atoms in total. The number of piperidine rings is 1. The third-order valence-electron chi connectivity index (χ3n) is 4.28. The molecule has 1 saturated heterocycles. The van der Waals surface area contributed by atoms with Gasteiger partial charge in [0.1, 0.15) is 5.60 Å². The normalized spacial score (nSPS) is 22.5. The summed E-state index contributed by atoms with van der Waals surface area (Å²) < 4.78 is 5.39. The smallest absolute Gasteiger partial charge is 0.410 e. The van der Waals surface area contributed by atoms with Gasteiger partial charge < -0.3 is 14.7 Å². The minimum atomic E-state index is -0.554. The molecule has 22 heavy (non-hydrogen) atoms. The summed E-state index contributed by atoms with van der Waals surface area (Å²) in [4.78, 5) is 13.7. The Morgan fingerprint density at radius 2 is 2.00 bits per heavy atom. The van der Waals surface area contributed by atoms with Gasteiger partial charge in [0, 0.05) is 12.5 Å². The summed E-state index contributed by atoms with van der Waals surface area (Å²) in [5, 5.41) is 10.5. The lowest BCUT2D eigenvalue weighted by Crippen LogP contribution is -2.47. The Kier molecular flexibility index (Phi) is 4.81. The summed E-state index contributed by atoms with van der Waals surface area (Å²) in [7, 11) is 0. The van der Waals surface area contributed by atoms with E-state index in [4.69, 9.17) is 4.74 Å². The van der Waals surface area contributed by atoms with Crippen molar-refractivity contribution in [3.05, 3.63) is 34.9 Å². The number of rotatable bonds is 1. The van der Waals surface area contributed by atoms with Crippen LogP contribution >= 0.6 is 0 Å². The van der Waals surface area contributed by atoms with Crippen molar-refractivity contribution >= 4 is 6.09 Å². The fourth-order valence-corrected chi connectivity index (χ4v) is 2.96. The molecule has 1 amide bonds. The van der Waals surface area contributed by atoms with E-state index in [1.165, 1.54) is 16.7 Å². The van der Waals surface area contributed by atoms with Crippen LogP contribution < -0.4 is 0 Å². The third-order valence-corrected chi connectivity index (χ3v) is 4.28. The molecular weight excluding hydrogens is 278 g/mol. The van der Waals surface area contributed by atoms with Gasteiger partial charge in [0.15, 0.2) is 0 Å². The van der Waals surface area contributed by atoms with E-state index >= 15 is 0 Å². The molecule has 0 radical (unpaired) electrons. The molecule has 1 aliphatic heterocycles. The number of β-amino-alcohol motifs (C(OH)–C–C–N with tert-alkyl or cyclic N) is 1. The van der Waals surface area contributed by atoms with E-state index < -0.39 is 11.7 Å². The number of carbonyl (C=O) groups excluding carboxylic acids is 1. The molecule has 0 bridgehead atoms. The molecule has 1 fully saturated rings. The van der Waals surface area contributed by atoms with Crippen molar-refractivity contribution in [3.63, 3.8) is 0 Å². The summed E-state index contributed by atoms with van der Waals surface area (Å²) >= 11 is 0. The maximum absolute atomic E-state index is 12.1. The number of amides is 1. The van der Waals surface area contributed by atoms with Gasteiger partial charge in [0.25, 0.3) is 0 Å². The van der Waals surface area contributed by atoms with E-state index in [1.54, 1.807) is 4.90 Å². The van der Waals surface area contributed by atoms with Crippen LogP contribution in [0.1, 0.15) is 49.8 Å². The van der Waals surface area contributed by atoms with Gasteiger partial charge in [0.2, 0.25) is 0 Å². The standard InChI is InChI=1S/C18H27NO3/c1-12-7-6-8-14(13(12)2)15-9-10-19(11-16(15)20)17(21)22-18(3,4)5/h6-8,15-16,20H,9-11H2,1-5H3/t15-,16+/m0/s1. The lowest BCUT2D eigenvalue weighted by atomic mass is 9.84. The van der Waals surface area contributed by atoms with Crippen molar-refractivity contribution < 1.29 is 14.6 Å². The fourth-order valence-electron chi connectivity index (χ4n) is 2.96. The van der Waals surface area contributed by atoms with Crippen LogP contribution in [0.3, 0.4) is 0 Å². The molecule has 1 aliphatic rings. The largest absolute Gasteiger partial charge is 0.444 e. The molecule has 1 aromatic rings. The van der Waals surface area contributed by atoms with Crippen molar-refractivity contribution in [1.82, 2.24) is 4.90 Å². The zero-order valence-electron chi connectivity index (χ0n) is 14.2. The Morgan fingerprint density at radius 1 is 1.32 bits per heavy atom. The van der Waals surface area contributed by atoms with Crippen LogP contribution in [0.5, 0.6) is 0 Å². The van der Waals surface area contributed by atoms with Crippen LogP contribution in [-0.2, 0) is 4.74 Å². The van der Waals surface area contributed by atoms with E-state index in [9.17, 15) is 9.90 Å². The first-order valence-electron chi connectivity index (χ1n) is 7.91. The lowest BCUT2D eigenvalue weighted by molar-refractivity contribution is -0.00157. The van der Waals surface area contributed by atoms with Crippen LogP contribution in [0.15, 0.2) is 18.2 Å². The number of aliphatic hydroxyl groups excluding tert-OH is 1. The summed E-state index contributed by atoms with van der Waals surface area (Å²) in [6.07, 6.45) is -0.141. The number of likely N-dealkylation sites (tertiary alicyclic amines) is 1. The molecule has 2 atom stereocenters. The third kappa shape index (κ3) is 3.80. The molecule has 122 valence electrons. The summed E-state index contributed by atoms with van der Waals surface area (Å²) in [6, 6.07) is 6.20. The maximum Gasteiger partial charge on any atom is 0.410 e. The predicted molar refractivity (Wildman–Crippen MR) is 87.1 cm³/mol. The average molecular weight is 305 g/mol. The number of nitrogens with zero attached hydrogens (tertiary/aromatic N) is 1. The predicted octanol–water partition coefficient (Wildman–Crippen LogP) is 3.39. The second kappa shape index (κ2) is 6.29. The van der Waals surface area contributed by atoms with Crippen molar-refractivity contribution in [2.75, 3.05) is 13.1 Å². The van der Waals surface area contributed by atoms with E-state index in [-0.39, 0.29) is 12.0 Å². The second-order valence-corrected chi connectivity index (χ2v) is 7.18. The van der Waals surface area contributed by atoms with Crippen LogP contribution in [0, 0.1) is 13.8 Å². The first-order chi connectivity index (χ1) is 10.2. The van der Waals surface area contributed by atoms with E-state index in [2.05, 4.69) is 26.0 Å². The quantitative estimate of drug-likeness (QED) is 0.865. The van der Waals surface area contributed by atoms with Crippen LogP contribution in [-0.4, -0.2) is 40.9 Å². The molecule has 1 N–H and O–H groups in total. The number of aliphatic hydroxyl groups is 1. The summed E-state index contributed by atoms with van der Waals surface area (Å²) in [5.74, 6) is 0.0820. The SMILES string of the molecule is Cc1cccc([C@@H]2CCN(C(=O)OC(C)(C)C)C[C@H]2O)c1C. The second-order valence-electron chi connectivity index (χ2n) is 7.18. The number of benzene rings is 1. The fraction of sp³-hybridized carbons (Fsp3) is 0.611. The van der Waals surface area contributed by atoms with Gasteiger partial charge in [-0.1, -0.05) is 18.2 Å². The minimum Gasteiger partial charge on any atom is -0.444 e. The summed E-state index contributed by atoms with van der Waals surface area (Å²) in [6.45, 7) is 10.7. The van der Waals surface area contributed by atoms with Gasteiger partial charge in [-0.15, -0.1) is 0 Å². The van der Waals surface area contributed by atoms with Gasteiger partial charge in [-0.2, -0.15) is 0 Å². The summed E-state index contributed by atoms with van der Waals surface area (Å²) in [5.41, 5.74) is 3.15. The first-order valence-corrected chi connectivity index (χ1v) is 7.91. The Morgan fingerprint density at radius 3 is 2.59 bits per heavy atom. The molecule has 0 aliphatic carbocycles. The molecule has 1 aromatic carbocycles. The Balaban J connectivity index is 2.07. The van der Waals surface area contributed by atoms with Crippen molar-refractivity contribution in [3.8, 4) is 0 Å². The topological polar surface area (TPSA) is 49.8 Å². The van der Waals surface area contributed by atoms with Crippen LogP contribution in [0.4, 0.5) is 4.79 Å². The molecule has 1 heterocycles. The highest BCUT2D eigenvalue weighted by molar-refractivity contribution is 5.68. The minimum absolute atomic E-state index is 0.0820. The van der Waals surface area contributed by atoms with E-state index in [0.29, 0.717) is 13.1 Å². The number of hydrogen-bond donors (Lipinski definition) is 1. The van der Waals surface area contributed by atoms with E-state index in [1.807, 2.05) is 26.8 Å². The van der Waals surface area contributed by atoms with Crippen molar-refractivity contribution in [2.45, 2.75) is 58.7 Å². The Bertz CT molecular complexity index is 548. The highest BCUT2D eigenvalue weighted by Gasteiger charge is 2.33. The van der Waals surface area contributed by atoms with Gasteiger partial charge in [-0.25, -0.2) is 4.79 Å². The monoisotopic (exact) mass is 305 g/mol. The molecule has 2 rings (SSSR count). The van der Waals surface area contributed by atoms with Gasteiger partial charge in [-0.3, -0.25) is 0 Å². The van der Waals surface area contributed by atoms with Crippen molar-refractivity contribution in [2.24, 2.45) is 0 Å². The highest BCUT2D eigenvalue weighted by atomic mass is 16.6. The van der Waals surface area contributed by atoms with Crippen LogP contribution in [0.2, 0.25) is 0 Å². The Hall–Kier alpha value is -1.55. The van der Waals surface area contributed by atoms with Crippen LogP contribution in [0.25, 0.3) is 0 Å². The van der Waals surface area contributed by atoms with E-state index in [0.717, 1.165) is 6.42 Å². The zero-order chi connectivity index (χ0) is 16.5. The molecule has 0 aromatic heterocycles. The highest BCUT2D eigenvalue weighted by Crippen LogP contribution is 2.32. The number of aryl methyl sites for hydroxylation is 1. The van der Waals surface area contributed by atoms with Gasteiger partial charge >= 0.3 is 6.09 Å². The maximum atomic E-state index is 12.1. The van der Waals surface area contributed by atoms with Gasteiger partial charge in [-0.05, 0) is 57.7 Å². The first kappa shape index (κ1) is 16.8. The number of ether oxygens (including phenoxy) is 1. The van der Waals surface area contributed by atoms with Gasteiger partial charge in [0.05, 0.1) is 12.6 Å². The van der Waals surface area contributed by atoms with Crippen molar-refractivity contribution in [1.29, 1.82) is 0 Å². The number of hydrogen-bond acceptors (Lipinski definition) is 3. The Labute approximate surface area is 133 Å². The molecule has 0 unspecified atom stereocenters. The molecular formula is C18H27NO3. The zero-order valence-corrected chi connectivity index (χ0v) is 14.2. The molecule has 0 spiro atoms. The average Bonchev–Trinajstić information content (AvgIpc) is 2.40. The number of carbonyl (C=O) groups is 1.